The molecule has 0 radical (unpaired) electrons. The number of ether oxygens (including phenoxy) is 4. The summed E-state index contributed by atoms with van der Waals surface area (Å²) < 4.78 is 35.7. The molecule has 0 amide bonds. The first-order valence-corrected chi connectivity index (χ1v) is 7.83. The van der Waals surface area contributed by atoms with Gasteiger partial charge in [-0.3, -0.25) is 0 Å². The molecule has 1 aromatic carbocycles. The summed E-state index contributed by atoms with van der Waals surface area (Å²) in [6.45, 7) is 2.71. The summed E-state index contributed by atoms with van der Waals surface area (Å²) in [5, 5.41) is 0. The van der Waals surface area contributed by atoms with Crippen LogP contribution in [0.15, 0.2) is 30.3 Å². The molecular formula is C17H23FO5. The second-order valence-corrected chi connectivity index (χ2v) is 5.39. The van der Waals surface area contributed by atoms with E-state index in [-0.39, 0.29) is 6.61 Å². The Labute approximate surface area is 135 Å². The molecule has 1 aliphatic rings. The first kappa shape index (κ1) is 17.8. The number of esters is 1. The van der Waals surface area contributed by atoms with Crippen LogP contribution in [-0.2, 0) is 18.9 Å². The van der Waals surface area contributed by atoms with Gasteiger partial charge in [-0.15, -0.1) is 0 Å². The molecule has 0 aliphatic carbocycles. The van der Waals surface area contributed by atoms with Crippen molar-refractivity contribution in [3.8, 4) is 0 Å². The van der Waals surface area contributed by atoms with Gasteiger partial charge >= 0.3 is 5.97 Å². The lowest BCUT2D eigenvalue weighted by Gasteiger charge is -2.18. The Balaban J connectivity index is 1.93. The standard InChI is InChI=1S/C17H23FO5/c1-3-4-10-21-11-13-14(18)15(17(20-2)22-13)23-16(19)12-8-6-5-7-9-12/h5-9,13-15,17H,3-4,10-11H2,1-2H3/t13-,14-,15-,17+/m1/s1. The third-order valence-corrected chi connectivity index (χ3v) is 3.66. The molecule has 4 atom stereocenters. The Hall–Kier alpha value is -1.50. The maximum Gasteiger partial charge on any atom is 0.338 e. The first-order valence-electron chi connectivity index (χ1n) is 7.83. The number of rotatable bonds is 8. The Morgan fingerprint density at radius 1 is 1.30 bits per heavy atom. The van der Waals surface area contributed by atoms with Crippen LogP contribution in [0.3, 0.4) is 0 Å². The van der Waals surface area contributed by atoms with Gasteiger partial charge in [-0.25, -0.2) is 9.18 Å². The Morgan fingerprint density at radius 3 is 2.70 bits per heavy atom. The lowest BCUT2D eigenvalue weighted by molar-refractivity contribution is -0.157. The van der Waals surface area contributed by atoms with E-state index >= 15 is 0 Å². The molecule has 128 valence electrons. The summed E-state index contributed by atoms with van der Waals surface area (Å²) in [4.78, 5) is 12.1. The minimum absolute atomic E-state index is 0.112. The molecule has 0 bridgehead atoms. The molecule has 1 heterocycles. The van der Waals surface area contributed by atoms with Crippen LogP contribution in [0.1, 0.15) is 30.1 Å². The molecule has 1 saturated heterocycles. The maximum absolute atomic E-state index is 14.5. The van der Waals surface area contributed by atoms with Crippen LogP contribution in [0.5, 0.6) is 0 Å². The van der Waals surface area contributed by atoms with E-state index in [4.69, 9.17) is 18.9 Å². The van der Waals surface area contributed by atoms with E-state index in [0.29, 0.717) is 12.2 Å². The van der Waals surface area contributed by atoms with Crippen LogP contribution in [0.25, 0.3) is 0 Å². The van der Waals surface area contributed by atoms with Crippen LogP contribution in [-0.4, -0.2) is 51.0 Å². The van der Waals surface area contributed by atoms with Crippen molar-refractivity contribution in [2.75, 3.05) is 20.3 Å². The lowest BCUT2D eigenvalue weighted by atomic mass is 10.1. The smallest absolute Gasteiger partial charge is 0.338 e. The lowest BCUT2D eigenvalue weighted by Crippen LogP contribution is -2.36. The molecular weight excluding hydrogens is 303 g/mol. The monoisotopic (exact) mass is 326 g/mol. The molecule has 6 heteroatoms. The van der Waals surface area contributed by atoms with Gasteiger partial charge in [0.2, 0.25) is 0 Å². The fourth-order valence-corrected chi connectivity index (χ4v) is 2.34. The number of hydrogen-bond donors (Lipinski definition) is 0. The number of alkyl halides is 1. The third kappa shape index (κ3) is 4.73. The Bertz CT molecular complexity index is 481. The van der Waals surface area contributed by atoms with Crippen LogP contribution in [0.2, 0.25) is 0 Å². The molecule has 0 unspecified atom stereocenters. The van der Waals surface area contributed by atoms with Gasteiger partial charge in [0.15, 0.2) is 18.6 Å². The highest BCUT2D eigenvalue weighted by molar-refractivity contribution is 5.89. The van der Waals surface area contributed by atoms with E-state index in [9.17, 15) is 9.18 Å². The zero-order valence-corrected chi connectivity index (χ0v) is 13.4. The van der Waals surface area contributed by atoms with Crippen molar-refractivity contribution >= 4 is 5.97 Å². The number of methoxy groups -OCH3 is 1. The molecule has 1 aliphatic heterocycles. The molecule has 1 aromatic rings. The second-order valence-electron chi connectivity index (χ2n) is 5.39. The number of unbranched alkanes of at least 4 members (excludes halogenated alkanes) is 1. The molecule has 0 saturated carbocycles. The van der Waals surface area contributed by atoms with Crippen molar-refractivity contribution in [1.29, 1.82) is 0 Å². The van der Waals surface area contributed by atoms with Gasteiger partial charge in [0, 0.05) is 13.7 Å². The average Bonchev–Trinajstić information content (AvgIpc) is 2.88. The number of benzene rings is 1. The highest BCUT2D eigenvalue weighted by atomic mass is 19.1. The van der Waals surface area contributed by atoms with E-state index in [1.54, 1.807) is 30.3 Å². The van der Waals surface area contributed by atoms with Crippen molar-refractivity contribution < 1.29 is 28.1 Å². The average molecular weight is 326 g/mol. The number of carbonyl (C=O) groups is 1. The van der Waals surface area contributed by atoms with Gasteiger partial charge in [0.05, 0.1) is 12.2 Å². The van der Waals surface area contributed by atoms with Gasteiger partial charge in [-0.1, -0.05) is 31.5 Å². The van der Waals surface area contributed by atoms with Gasteiger partial charge < -0.3 is 18.9 Å². The second kappa shape index (κ2) is 8.96. The molecule has 5 nitrogen and oxygen atoms in total. The zero-order valence-electron chi connectivity index (χ0n) is 13.4. The molecule has 2 rings (SSSR count). The van der Waals surface area contributed by atoms with E-state index in [1.165, 1.54) is 7.11 Å². The fourth-order valence-electron chi connectivity index (χ4n) is 2.34. The Kier molecular flexibility index (Phi) is 6.95. The minimum atomic E-state index is -1.49. The SMILES string of the molecule is CCCCOC[C@H]1O[C@H](OC)[C@H](OC(=O)c2ccccc2)[C@@H]1F. The van der Waals surface area contributed by atoms with Gasteiger partial charge in [0.1, 0.15) is 6.10 Å². The summed E-state index contributed by atoms with van der Waals surface area (Å²) in [5.74, 6) is -0.601. The van der Waals surface area contributed by atoms with Gasteiger partial charge in [-0.05, 0) is 18.6 Å². The van der Waals surface area contributed by atoms with E-state index in [0.717, 1.165) is 12.8 Å². The quantitative estimate of drug-likeness (QED) is 0.543. The fraction of sp³-hybridized carbons (Fsp3) is 0.588. The van der Waals surface area contributed by atoms with Crippen molar-refractivity contribution in [2.45, 2.75) is 44.4 Å². The van der Waals surface area contributed by atoms with E-state index in [2.05, 4.69) is 0 Å². The van der Waals surface area contributed by atoms with Crippen LogP contribution >= 0.6 is 0 Å². The largest absolute Gasteiger partial charge is 0.450 e. The molecule has 0 N–H and O–H groups in total. The molecule has 0 aromatic heterocycles. The van der Waals surface area contributed by atoms with E-state index < -0.39 is 30.6 Å². The molecule has 0 spiro atoms. The third-order valence-electron chi connectivity index (χ3n) is 3.66. The van der Waals surface area contributed by atoms with Crippen molar-refractivity contribution in [3.05, 3.63) is 35.9 Å². The topological polar surface area (TPSA) is 54.0 Å². The van der Waals surface area contributed by atoms with Crippen LogP contribution < -0.4 is 0 Å². The summed E-state index contributed by atoms with van der Waals surface area (Å²) in [6, 6.07) is 8.44. The number of halogens is 1. The van der Waals surface area contributed by atoms with E-state index in [1.807, 2.05) is 6.92 Å². The van der Waals surface area contributed by atoms with Crippen molar-refractivity contribution in [1.82, 2.24) is 0 Å². The Morgan fingerprint density at radius 2 is 2.04 bits per heavy atom. The first-order chi connectivity index (χ1) is 11.2. The molecule has 1 fully saturated rings. The summed E-state index contributed by atoms with van der Waals surface area (Å²) in [5.41, 5.74) is 0.359. The highest BCUT2D eigenvalue weighted by Gasteiger charge is 2.48. The zero-order chi connectivity index (χ0) is 16.7. The summed E-state index contributed by atoms with van der Waals surface area (Å²) >= 11 is 0. The summed E-state index contributed by atoms with van der Waals surface area (Å²) in [7, 11) is 1.39. The van der Waals surface area contributed by atoms with Gasteiger partial charge in [-0.2, -0.15) is 0 Å². The summed E-state index contributed by atoms with van der Waals surface area (Å²) in [6.07, 6.45) is -2.42. The minimum Gasteiger partial charge on any atom is -0.450 e. The number of carbonyl (C=O) groups excluding carboxylic acids is 1. The molecule has 23 heavy (non-hydrogen) atoms. The normalized spacial score (nSPS) is 27.1. The number of hydrogen-bond acceptors (Lipinski definition) is 5. The maximum atomic E-state index is 14.5. The van der Waals surface area contributed by atoms with Crippen LogP contribution in [0.4, 0.5) is 4.39 Å². The van der Waals surface area contributed by atoms with Crippen molar-refractivity contribution in [2.24, 2.45) is 0 Å². The predicted molar refractivity (Wildman–Crippen MR) is 81.9 cm³/mol. The van der Waals surface area contributed by atoms with Crippen molar-refractivity contribution in [3.63, 3.8) is 0 Å². The predicted octanol–water partition coefficient (Wildman–Crippen LogP) is 2.74. The van der Waals surface area contributed by atoms with Gasteiger partial charge in [0.25, 0.3) is 0 Å². The highest BCUT2D eigenvalue weighted by Crippen LogP contribution is 2.28. The van der Waals surface area contributed by atoms with Crippen LogP contribution in [0, 0.1) is 0 Å².